The highest BCUT2D eigenvalue weighted by atomic mass is 32.2. The number of thiophene rings is 1. The predicted octanol–water partition coefficient (Wildman–Crippen LogP) is 6.08. The van der Waals surface area contributed by atoms with Gasteiger partial charge >= 0.3 is 0 Å². The van der Waals surface area contributed by atoms with E-state index in [4.69, 9.17) is 5.73 Å². The molecule has 0 saturated carbocycles. The van der Waals surface area contributed by atoms with Gasteiger partial charge in [0.1, 0.15) is 28.5 Å². The van der Waals surface area contributed by atoms with Crippen molar-refractivity contribution in [2.45, 2.75) is 24.3 Å². The fraction of sp³-hybridized carbons (Fsp3) is 0.143. The molecule has 1 aliphatic rings. The van der Waals surface area contributed by atoms with Crippen molar-refractivity contribution in [1.29, 1.82) is 10.5 Å². The van der Waals surface area contributed by atoms with E-state index in [1.165, 1.54) is 23.1 Å². The molecular formula is C28H21N5OS2. The van der Waals surface area contributed by atoms with Crippen molar-refractivity contribution in [1.82, 2.24) is 4.98 Å². The van der Waals surface area contributed by atoms with E-state index >= 15 is 0 Å². The van der Waals surface area contributed by atoms with E-state index in [0.717, 1.165) is 40.2 Å². The van der Waals surface area contributed by atoms with Gasteiger partial charge in [0.15, 0.2) is 0 Å². The number of thioether (sulfide) groups is 1. The number of benzene rings is 2. The summed E-state index contributed by atoms with van der Waals surface area (Å²) >= 11 is 2.74. The number of hydrogen-bond donors (Lipinski definition) is 1. The first kappa shape index (κ1) is 23.6. The number of rotatable bonds is 5. The number of anilines is 3. The lowest BCUT2D eigenvalue weighted by molar-refractivity contribution is -0.117. The van der Waals surface area contributed by atoms with Crippen molar-refractivity contribution < 1.29 is 4.79 Å². The minimum absolute atomic E-state index is 0.0251. The Labute approximate surface area is 217 Å². The molecule has 0 atom stereocenters. The zero-order chi connectivity index (χ0) is 25.1. The summed E-state index contributed by atoms with van der Waals surface area (Å²) in [5.41, 5.74) is 11.2. The number of nitrogen functional groups attached to an aromatic ring is 1. The van der Waals surface area contributed by atoms with Crippen LogP contribution in [0.4, 0.5) is 17.2 Å². The Bertz CT molecular complexity index is 1490. The molecule has 0 spiro atoms. The first-order valence-corrected chi connectivity index (χ1v) is 13.3. The predicted molar refractivity (Wildman–Crippen MR) is 144 cm³/mol. The molecule has 0 fully saturated rings. The standard InChI is InChI=1S/C28H21N5OS2/c29-16-20-26(24-10-5-14-35-24)21(17-30)28(32-27(20)31)36-15-13-25(34)33-22-8-3-1-6-18(22)11-12-19-7-2-4-9-23(19)33/h1-10,14H,11-13,15H2,(H2,31,32). The lowest BCUT2D eigenvalue weighted by Gasteiger charge is -2.25. The smallest absolute Gasteiger partial charge is 0.232 e. The molecule has 2 aromatic heterocycles. The van der Waals surface area contributed by atoms with E-state index < -0.39 is 0 Å². The Morgan fingerprint density at radius 2 is 1.61 bits per heavy atom. The van der Waals surface area contributed by atoms with Crippen LogP contribution in [0.2, 0.25) is 0 Å². The molecule has 2 aromatic carbocycles. The minimum Gasteiger partial charge on any atom is -0.383 e. The van der Waals surface area contributed by atoms with Crippen LogP contribution in [0.1, 0.15) is 28.7 Å². The summed E-state index contributed by atoms with van der Waals surface area (Å²) in [7, 11) is 0. The summed E-state index contributed by atoms with van der Waals surface area (Å²) in [6.07, 6.45) is 1.99. The molecule has 0 saturated heterocycles. The average Bonchev–Trinajstić information content (AvgIpc) is 3.37. The molecule has 0 unspecified atom stereocenters. The van der Waals surface area contributed by atoms with Gasteiger partial charge in [-0.2, -0.15) is 10.5 Å². The van der Waals surface area contributed by atoms with Crippen LogP contribution < -0.4 is 10.6 Å². The molecule has 0 bridgehead atoms. The number of amides is 1. The Morgan fingerprint density at radius 3 is 2.19 bits per heavy atom. The van der Waals surface area contributed by atoms with Gasteiger partial charge in [-0.05, 0) is 47.5 Å². The minimum atomic E-state index is -0.0251. The second-order valence-corrected chi connectivity index (χ2v) is 10.2. The molecule has 6 nitrogen and oxygen atoms in total. The summed E-state index contributed by atoms with van der Waals surface area (Å²) in [6, 6.07) is 24.1. The molecule has 0 aliphatic carbocycles. The highest BCUT2D eigenvalue weighted by molar-refractivity contribution is 7.99. The fourth-order valence-corrected chi connectivity index (χ4v) is 6.17. The third-order valence-corrected chi connectivity index (χ3v) is 7.98. The second-order valence-electron chi connectivity index (χ2n) is 8.21. The van der Waals surface area contributed by atoms with Crippen LogP contribution in [-0.4, -0.2) is 16.6 Å². The van der Waals surface area contributed by atoms with Gasteiger partial charge in [0.2, 0.25) is 5.91 Å². The summed E-state index contributed by atoms with van der Waals surface area (Å²) in [4.78, 5) is 20.6. The number of para-hydroxylation sites is 2. The first-order chi connectivity index (χ1) is 17.6. The zero-order valence-electron chi connectivity index (χ0n) is 19.3. The molecule has 36 heavy (non-hydrogen) atoms. The SMILES string of the molecule is N#Cc1c(N)nc(SCCC(=O)N2c3ccccc3CCc3ccccc32)c(C#N)c1-c1cccs1. The molecular weight excluding hydrogens is 486 g/mol. The average molecular weight is 508 g/mol. The highest BCUT2D eigenvalue weighted by Crippen LogP contribution is 2.39. The maximum Gasteiger partial charge on any atom is 0.232 e. The number of pyridine rings is 1. The highest BCUT2D eigenvalue weighted by Gasteiger charge is 2.26. The van der Waals surface area contributed by atoms with Crippen molar-refractivity contribution in [2.24, 2.45) is 0 Å². The maximum atomic E-state index is 13.6. The van der Waals surface area contributed by atoms with Crippen LogP contribution in [-0.2, 0) is 17.6 Å². The van der Waals surface area contributed by atoms with E-state index in [-0.39, 0.29) is 23.7 Å². The van der Waals surface area contributed by atoms with Crippen LogP contribution in [0.25, 0.3) is 10.4 Å². The summed E-state index contributed by atoms with van der Waals surface area (Å²) in [5.74, 6) is 0.475. The molecule has 4 aromatic rings. The van der Waals surface area contributed by atoms with Crippen LogP contribution in [0.15, 0.2) is 71.1 Å². The molecule has 2 N–H and O–H groups in total. The van der Waals surface area contributed by atoms with Crippen molar-refractivity contribution in [3.8, 4) is 22.6 Å². The lowest BCUT2D eigenvalue weighted by atomic mass is 10.0. The normalized spacial score (nSPS) is 12.1. The van der Waals surface area contributed by atoms with Gasteiger partial charge < -0.3 is 5.73 Å². The van der Waals surface area contributed by atoms with Crippen molar-refractivity contribution in [2.75, 3.05) is 16.4 Å². The van der Waals surface area contributed by atoms with Gasteiger partial charge in [-0.25, -0.2) is 4.98 Å². The monoisotopic (exact) mass is 507 g/mol. The molecule has 8 heteroatoms. The van der Waals surface area contributed by atoms with Gasteiger partial charge in [0.25, 0.3) is 0 Å². The Kier molecular flexibility index (Phi) is 6.73. The maximum absolute atomic E-state index is 13.6. The summed E-state index contributed by atoms with van der Waals surface area (Å²) < 4.78 is 0. The van der Waals surface area contributed by atoms with Crippen LogP contribution in [0, 0.1) is 22.7 Å². The van der Waals surface area contributed by atoms with E-state index in [2.05, 4.69) is 29.3 Å². The molecule has 1 aliphatic heterocycles. The van der Waals surface area contributed by atoms with Crippen molar-refractivity contribution in [3.63, 3.8) is 0 Å². The lowest BCUT2D eigenvalue weighted by Crippen LogP contribution is -2.27. The number of aromatic nitrogens is 1. The number of nitrogens with zero attached hydrogens (tertiary/aromatic N) is 4. The van der Waals surface area contributed by atoms with Crippen molar-refractivity contribution >= 4 is 46.2 Å². The largest absolute Gasteiger partial charge is 0.383 e. The molecule has 1 amide bonds. The zero-order valence-corrected chi connectivity index (χ0v) is 20.9. The van der Waals surface area contributed by atoms with Crippen LogP contribution >= 0.6 is 23.1 Å². The molecule has 5 rings (SSSR count). The van der Waals surface area contributed by atoms with E-state index in [1.54, 1.807) is 0 Å². The van der Waals surface area contributed by atoms with Gasteiger partial charge in [-0.3, -0.25) is 9.69 Å². The number of nitriles is 2. The topological polar surface area (TPSA) is 107 Å². The third-order valence-electron chi connectivity index (χ3n) is 6.12. The molecule has 176 valence electrons. The molecule has 0 radical (unpaired) electrons. The van der Waals surface area contributed by atoms with E-state index in [9.17, 15) is 15.3 Å². The Hall–Kier alpha value is -4.11. The Morgan fingerprint density at radius 1 is 0.972 bits per heavy atom. The number of carbonyl (C=O) groups is 1. The van der Waals surface area contributed by atoms with Gasteiger partial charge in [-0.1, -0.05) is 42.5 Å². The number of nitrogens with two attached hydrogens (primary N) is 1. The quantitative estimate of drug-likeness (QED) is 0.328. The van der Waals surface area contributed by atoms with E-state index in [0.29, 0.717) is 21.9 Å². The number of aryl methyl sites for hydroxylation is 2. The van der Waals surface area contributed by atoms with Gasteiger partial charge in [0, 0.05) is 22.6 Å². The first-order valence-electron chi connectivity index (χ1n) is 11.4. The number of carbonyl (C=O) groups excluding carboxylic acids is 1. The Balaban J connectivity index is 1.43. The molecule has 3 heterocycles. The van der Waals surface area contributed by atoms with E-state index in [1.807, 2.05) is 58.8 Å². The summed E-state index contributed by atoms with van der Waals surface area (Å²) in [5, 5.41) is 21.9. The van der Waals surface area contributed by atoms with Gasteiger partial charge in [0.05, 0.1) is 16.9 Å². The fourth-order valence-electron chi connectivity index (χ4n) is 4.47. The van der Waals surface area contributed by atoms with Gasteiger partial charge in [-0.15, -0.1) is 23.1 Å². The number of hydrogen-bond acceptors (Lipinski definition) is 7. The van der Waals surface area contributed by atoms with Crippen molar-refractivity contribution in [3.05, 3.63) is 88.3 Å². The summed E-state index contributed by atoms with van der Waals surface area (Å²) in [6.45, 7) is 0. The third kappa shape index (κ3) is 4.33. The van der Waals surface area contributed by atoms with Crippen LogP contribution in [0.3, 0.4) is 0 Å². The second kappa shape index (κ2) is 10.2. The van der Waals surface area contributed by atoms with Crippen LogP contribution in [0.5, 0.6) is 0 Å². The number of fused-ring (bicyclic) bond motifs is 2.